The molecule has 0 aliphatic rings. The predicted octanol–water partition coefficient (Wildman–Crippen LogP) is 3.88. The number of aromatic amines is 1. The summed E-state index contributed by atoms with van der Waals surface area (Å²) in [5.41, 5.74) is 1.28. The number of H-pyrrole nitrogens is 1. The maximum atomic E-state index is 12.5. The molecule has 0 bridgehead atoms. The Morgan fingerprint density at radius 1 is 0.917 bits per heavy atom. The van der Waals surface area contributed by atoms with Crippen molar-refractivity contribution < 1.29 is 14.3 Å². The summed E-state index contributed by atoms with van der Waals surface area (Å²) in [5, 5.41) is 2.88. The smallest absolute Gasteiger partial charge is 0.316 e. The molecule has 0 spiro atoms. The van der Waals surface area contributed by atoms with Gasteiger partial charge < -0.3 is 24.3 Å². The minimum Gasteiger partial charge on any atom is -0.494 e. The number of nitrogens with zero attached hydrogens (tertiary/aromatic N) is 1. The van der Waals surface area contributed by atoms with E-state index in [-0.39, 0.29) is 5.91 Å². The molecule has 0 saturated heterocycles. The van der Waals surface area contributed by atoms with Gasteiger partial charge >= 0.3 is 11.1 Å². The Bertz CT molecular complexity index is 1430. The number of ether oxygens (including phenoxy) is 2. The monoisotopic (exact) mass is 487 g/mol. The zero-order valence-electron chi connectivity index (χ0n) is 20.2. The third-order valence-electron chi connectivity index (χ3n) is 5.75. The highest BCUT2D eigenvalue weighted by Crippen LogP contribution is 2.19. The molecule has 1 amide bonds. The molecule has 0 fully saturated rings. The molecule has 2 N–H and O–H groups in total. The van der Waals surface area contributed by atoms with E-state index in [1.165, 1.54) is 4.57 Å². The van der Waals surface area contributed by atoms with Gasteiger partial charge in [0, 0.05) is 18.7 Å². The van der Waals surface area contributed by atoms with Gasteiger partial charge in [-0.15, -0.1) is 0 Å². The molecule has 0 aliphatic carbocycles. The Kier molecular flexibility index (Phi) is 8.18. The third kappa shape index (κ3) is 6.21. The lowest BCUT2D eigenvalue weighted by molar-refractivity contribution is 0.0952. The first-order valence-electron chi connectivity index (χ1n) is 12.0. The summed E-state index contributed by atoms with van der Waals surface area (Å²) in [4.78, 5) is 38.9. The molecule has 3 aromatic carbocycles. The number of amides is 1. The third-order valence-corrected chi connectivity index (χ3v) is 5.75. The van der Waals surface area contributed by atoms with Crippen molar-refractivity contribution in [2.24, 2.45) is 0 Å². The van der Waals surface area contributed by atoms with E-state index < -0.39 is 11.1 Å². The Morgan fingerprint density at radius 2 is 1.64 bits per heavy atom. The molecule has 8 nitrogen and oxygen atoms in total. The predicted molar refractivity (Wildman–Crippen MR) is 139 cm³/mol. The molecule has 1 heterocycles. The number of aromatic nitrogens is 2. The Morgan fingerprint density at radius 3 is 2.36 bits per heavy atom. The summed E-state index contributed by atoms with van der Waals surface area (Å²) in [6.45, 7) is 3.72. The van der Waals surface area contributed by atoms with Gasteiger partial charge in [0.05, 0.1) is 17.6 Å². The summed E-state index contributed by atoms with van der Waals surface area (Å²) in [6.07, 6.45) is 1.53. The van der Waals surface area contributed by atoms with Crippen molar-refractivity contribution in [2.75, 3.05) is 13.2 Å². The largest absolute Gasteiger partial charge is 0.494 e. The van der Waals surface area contributed by atoms with Crippen LogP contribution < -0.4 is 25.9 Å². The Hall–Kier alpha value is -4.33. The second kappa shape index (κ2) is 11.9. The molecule has 8 heteroatoms. The topological polar surface area (TPSA) is 102 Å². The lowest BCUT2D eigenvalue weighted by Gasteiger charge is -2.10. The van der Waals surface area contributed by atoms with Gasteiger partial charge in [0.1, 0.15) is 18.1 Å². The quantitative estimate of drug-likeness (QED) is 0.247. The fourth-order valence-electron chi connectivity index (χ4n) is 3.83. The first kappa shape index (κ1) is 24.8. The van der Waals surface area contributed by atoms with Gasteiger partial charge in [-0.2, -0.15) is 0 Å². The van der Waals surface area contributed by atoms with Crippen LogP contribution in [-0.2, 0) is 13.2 Å². The first-order chi connectivity index (χ1) is 17.5. The number of carbonyl (C=O) groups excluding carboxylic acids is 1. The summed E-state index contributed by atoms with van der Waals surface area (Å²) < 4.78 is 12.9. The van der Waals surface area contributed by atoms with Crippen LogP contribution in [-0.4, -0.2) is 28.6 Å². The lowest BCUT2D eigenvalue weighted by Crippen LogP contribution is -2.36. The van der Waals surface area contributed by atoms with Gasteiger partial charge in [-0.3, -0.25) is 14.4 Å². The van der Waals surface area contributed by atoms with Gasteiger partial charge in [0.25, 0.3) is 5.91 Å². The van der Waals surface area contributed by atoms with Gasteiger partial charge in [-0.05, 0) is 67.8 Å². The molecule has 0 atom stereocenters. The molecule has 0 radical (unpaired) electrons. The number of fused-ring (bicyclic) bond motifs is 1. The van der Waals surface area contributed by atoms with E-state index in [9.17, 15) is 14.4 Å². The maximum absolute atomic E-state index is 12.5. The molecule has 0 aliphatic heterocycles. The molecule has 1 aromatic heterocycles. The van der Waals surface area contributed by atoms with Crippen molar-refractivity contribution >= 4 is 16.9 Å². The summed E-state index contributed by atoms with van der Waals surface area (Å²) in [7, 11) is 0. The van der Waals surface area contributed by atoms with Gasteiger partial charge in [0.15, 0.2) is 0 Å². The average molecular weight is 488 g/mol. The van der Waals surface area contributed by atoms with Crippen LogP contribution in [0.1, 0.15) is 35.7 Å². The highest BCUT2D eigenvalue weighted by molar-refractivity contribution is 5.97. The molecular weight excluding hydrogens is 458 g/mol. The second-order valence-electron chi connectivity index (χ2n) is 8.29. The SMILES string of the molecule is CCn1c(=O)c(=O)[nH]c2cc(C(=O)NCCCCOc3ccc(OCc4ccccc4)cc3)ccc21. The Balaban J connectivity index is 1.18. The first-order valence-corrected chi connectivity index (χ1v) is 12.0. The van der Waals surface area contributed by atoms with Crippen LogP contribution in [0.15, 0.2) is 82.4 Å². The molecule has 0 saturated carbocycles. The van der Waals surface area contributed by atoms with Crippen molar-refractivity contribution in [1.82, 2.24) is 14.9 Å². The number of nitrogens with one attached hydrogen (secondary N) is 2. The van der Waals surface area contributed by atoms with Crippen LogP contribution in [0, 0.1) is 0 Å². The van der Waals surface area contributed by atoms with Crippen LogP contribution in [0.4, 0.5) is 0 Å². The van der Waals surface area contributed by atoms with Crippen molar-refractivity contribution in [3.05, 3.63) is 105 Å². The number of hydrogen-bond acceptors (Lipinski definition) is 5. The van der Waals surface area contributed by atoms with Crippen molar-refractivity contribution in [2.45, 2.75) is 32.9 Å². The van der Waals surface area contributed by atoms with Crippen molar-refractivity contribution in [3.63, 3.8) is 0 Å². The molecule has 36 heavy (non-hydrogen) atoms. The van der Waals surface area contributed by atoms with Crippen molar-refractivity contribution in [3.8, 4) is 11.5 Å². The van der Waals surface area contributed by atoms with Gasteiger partial charge in [-0.1, -0.05) is 30.3 Å². The van der Waals surface area contributed by atoms with Crippen LogP contribution in [0.3, 0.4) is 0 Å². The van der Waals surface area contributed by atoms with E-state index in [1.54, 1.807) is 25.1 Å². The molecule has 4 rings (SSSR count). The average Bonchev–Trinajstić information content (AvgIpc) is 2.91. The van der Waals surface area contributed by atoms with Gasteiger partial charge in [0.2, 0.25) is 0 Å². The fraction of sp³-hybridized carbons (Fsp3) is 0.250. The lowest BCUT2D eigenvalue weighted by atomic mass is 10.1. The number of benzene rings is 3. The molecule has 4 aromatic rings. The molecule has 0 unspecified atom stereocenters. The number of aryl methyl sites for hydroxylation is 1. The van der Waals surface area contributed by atoms with E-state index in [0.717, 1.165) is 29.9 Å². The number of unbranched alkanes of at least 4 members (excludes halogenated alkanes) is 1. The number of rotatable bonds is 11. The summed E-state index contributed by atoms with van der Waals surface area (Å²) >= 11 is 0. The van der Waals surface area contributed by atoms with Crippen LogP contribution in [0.5, 0.6) is 11.5 Å². The zero-order valence-corrected chi connectivity index (χ0v) is 20.2. The van der Waals surface area contributed by atoms with Crippen LogP contribution in [0.25, 0.3) is 11.0 Å². The van der Waals surface area contributed by atoms with Crippen LogP contribution >= 0.6 is 0 Å². The standard InChI is InChI=1S/C28H29N3O5/c1-2-31-25-15-10-21(18-24(25)30-27(33)28(31)34)26(32)29-16-6-7-17-35-22-11-13-23(14-12-22)36-19-20-8-4-3-5-9-20/h3-5,8-15,18H,2,6-7,16-17,19H2,1H3,(H,29,32)(H,30,33). The summed E-state index contributed by atoms with van der Waals surface area (Å²) in [5.74, 6) is 1.31. The number of hydrogen-bond donors (Lipinski definition) is 2. The van der Waals surface area contributed by atoms with E-state index in [1.807, 2.05) is 54.6 Å². The maximum Gasteiger partial charge on any atom is 0.316 e. The van der Waals surface area contributed by atoms with Crippen LogP contribution in [0.2, 0.25) is 0 Å². The Labute approximate surface area is 208 Å². The number of carbonyl (C=O) groups is 1. The normalized spacial score (nSPS) is 10.8. The highest BCUT2D eigenvalue weighted by atomic mass is 16.5. The van der Waals surface area contributed by atoms with Crippen molar-refractivity contribution in [1.29, 1.82) is 0 Å². The van der Waals surface area contributed by atoms with E-state index >= 15 is 0 Å². The fourth-order valence-corrected chi connectivity index (χ4v) is 3.83. The summed E-state index contributed by atoms with van der Waals surface area (Å²) in [6, 6.07) is 22.4. The van der Waals surface area contributed by atoms with E-state index in [4.69, 9.17) is 9.47 Å². The minimum atomic E-state index is -0.698. The van der Waals surface area contributed by atoms with E-state index in [0.29, 0.717) is 42.9 Å². The second-order valence-corrected chi connectivity index (χ2v) is 8.29. The minimum absolute atomic E-state index is 0.237. The molecule has 186 valence electrons. The highest BCUT2D eigenvalue weighted by Gasteiger charge is 2.10. The van der Waals surface area contributed by atoms with Gasteiger partial charge in [-0.25, -0.2) is 0 Å². The molecular formula is C28H29N3O5. The zero-order chi connectivity index (χ0) is 25.3. The van der Waals surface area contributed by atoms with E-state index in [2.05, 4.69) is 10.3 Å².